The van der Waals surface area contributed by atoms with Crippen molar-refractivity contribution in [2.75, 3.05) is 5.32 Å². The van der Waals surface area contributed by atoms with Gasteiger partial charge in [0.05, 0.1) is 5.69 Å². The fourth-order valence-corrected chi connectivity index (χ4v) is 4.66. The van der Waals surface area contributed by atoms with E-state index in [-0.39, 0.29) is 0 Å². The summed E-state index contributed by atoms with van der Waals surface area (Å²) in [6.45, 7) is 19.4. The van der Waals surface area contributed by atoms with E-state index in [1.54, 1.807) is 0 Å². The molecule has 0 saturated heterocycles. The molecule has 0 bridgehead atoms. The molecular formula is C28H34N2. The summed E-state index contributed by atoms with van der Waals surface area (Å²) in [7, 11) is 0. The summed E-state index contributed by atoms with van der Waals surface area (Å²) < 4.78 is 0. The highest BCUT2D eigenvalue weighted by Crippen LogP contribution is 2.30. The van der Waals surface area contributed by atoms with Crippen molar-refractivity contribution in [3.63, 3.8) is 0 Å². The Morgan fingerprint density at radius 1 is 0.533 bits per heavy atom. The molecule has 3 aromatic rings. The van der Waals surface area contributed by atoms with Crippen LogP contribution in [0.2, 0.25) is 0 Å². The molecule has 0 aliphatic rings. The molecule has 156 valence electrons. The van der Waals surface area contributed by atoms with Gasteiger partial charge in [0.2, 0.25) is 0 Å². The number of hydrogen-bond donors (Lipinski definition) is 1. The minimum atomic E-state index is 0.912. The molecule has 0 amide bonds. The van der Waals surface area contributed by atoms with Crippen molar-refractivity contribution in [2.24, 2.45) is 4.99 Å². The third-order valence-corrected chi connectivity index (χ3v) is 5.69. The van der Waals surface area contributed by atoms with Gasteiger partial charge in [-0.15, -0.1) is 0 Å². The van der Waals surface area contributed by atoms with Crippen LogP contribution in [-0.4, -0.2) is 5.84 Å². The Hall–Kier alpha value is -2.87. The smallest absolute Gasteiger partial charge is 0.138 e. The van der Waals surface area contributed by atoms with Crippen molar-refractivity contribution in [1.82, 2.24) is 0 Å². The fourth-order valence-electron chi connectivity index (χ4n) is 4.66. The van der Waals surface area contributed by atoms with Crippen LogP contribution in [0, 0.1) is 62.3 Å². The zero-order valence-electron chi connectivity index (χ0n) is 19.9. The van der Waals surface area contributed by atoms with E-state index < -0.39 is 0 Å². The highest BCUT2D eigenvalue weighted by atomic mass is 15.0. The maximum absolute atomic E-state index is 5.23. The third-order valence-electron chi connectivity index (χ3n) is 5.69. The molecule has 0 aromatic heterocycles. The van der Waals surface area contributed by atoms with Gasteiger partial charge >= 0.3 is 0 Å². The lowest BCUT2D eigenvalue weighted by Gasteiger charge is -2.20. The normalized spacial score (nSPS) is 11.7. The second kappa shape index (κ2) is 8.47. The second-order valence-electron chi connectivity index (χ2n) is 8.88. The molecule has 30 heavy (non-hydrogen) atoms. The van der Waals surface area contributed by atoms with Crippen molar-refractivity contribution in [1.29, 1.82) is 0 Å². The van der Waals surface area contributed by atoms with Gasteiger partial charge in [0.15, 0.2) is 0 Å². The highest BCUT2D eigenvalue weighted by Gasteiger charge is 2.16. The van der Waals surface area contributed by atoms with Crippen LogP contribution in [-0.2, 0) is 0 Å². The van der Waals surface area contributed by atoms with Crippen LogP contribution in [0.1, 0.15) is 55.6 Å². The first-order valence-corrected chi connectivity index (χ1v) is 10.7. The average Bonchev–Trinajstić information content (AvgIpc) is 2.59. The largest absolute Gasteiger partial charge is 0.339 e. The van der Waals surface area contributed by atoms with Crippen LogP contribution in [0.5, 0.6) is 0 Å². The quantitative estimate of drug-likeness (QED) is 0.355. The highest BCUT2D eigenvalue weighted by molar-refractivity contribution is 6.12. The predicted molar refractivity (Wildman–Crippen MR) is 132 cm³/mol. The van der Waals surface area contributed by atoms with E-state index in [0.29, 0.717) is 0 Å². The summed E-state index contributed by atoms with van der Waals surface area (Å²) >= 11 is 0. The monoisotopic (exact) mass is 398 g/mol. The van der Waals surface area contributed by atoms with E-state index in [4.69, 9.17) is 4.99 Å². The third kappa shape index (κ3) is 4.48. The molecule has 3 aromatic carbocycles. The molecule has 0 saturated carbocycles. The van der Waals surface area contributed by atoms with Gasteiger partial charge in [-0.25, -0.2) is 4.99 Å². The van der Waals surface area contributed by atoms with Crippen LogP contribution < -0.4 is 5.32 Å². The van der Waals surface area contributed by atoms with Crippen molar-refractivity contribution >= 4 is 17.2 Å². The minimum absolute atomic E-state index is 0.912. The van der Waals surface area contributed by atoms with E-state index in [1.807, 2.05) is 0 Å². The maximum Gasteiger partial charge on any atom is 0.138 e. The zero-order valence-corrected chi connectivity index (χ0v) is 19.9. The minimum Gasteiger partial charge on any atom is -0.339 e. The second-order valence-corrected chi connectivity index (χ2v) is 8.88. The Kier molecular flexibility index (Phi) is 6.17. The van der Waals surface area contributed by atoms with Gasteiger partial charge in [-0.1, -0.05) is 53.1 Å². The Labute approximate surface area is 182 Å². The van der Waals surface area contributed by atoms with Gasteiger partial charge < -0.3 is 5.32 Å². The molecule has 0 fully saturated rings. The number of nitrogens with zero attached hydrogens (tertiary/aromatic N) is 1. The molecule has 0 heterocycles. The Morgan fingerprint density at radius 3 is 1.33 bits per heavy atom. The van der Waals surface area contributed by atoms with Crippen LogP contribution in [0.4, 0.5) is 11.4 Å². The first-order valence-electron chi connectivity index (χ1n) is 10.7. The SMILES string of the molecule is Cc1cc(C)c(N=C(Nc2c(C)cc(C)cc2C)c2c(C)cc(C)cc2C)c(C)c1. The number of rotatable bonds is 3. The lowest BCUT2D eigenvalue weighted by atomic mass is 9.97. The zero-order chi connectivity index (χ0) is 22.2. The summed E-state index contributed by atoms with van der Waals surface area (Å²) in [6.07, 6.45) is 0. The van der Waals surface area contributed by atoms with Crippen molar-refractivity contribution < 1.29 is 0 Å². The number of anilines is 1. The van der Waals surface area contributed by atoms with E-state index >= 15 is 0 Å². The van der Waals surface area contributed by atoms with Gasteiger partial charge in [0.1, 0.15) is 5.84 Å². The Bertz CT molecular complexity index is 1080. The maximum atomic E-state index is 5.23. The van der Waals surface area contributed by atoms with E-state index in [0.717, 1.165) is 17.2 Å². The number of benzene rings is 3. The molecule has 0 radical (unpaired) electrons. The fraction of sp³-hybridized carbons (Fsp3) is 0.321. The summed E-state index contributed by atoms with van der Waals surface area (Å²) in [4.78, 5) is 5.23. The van der Waals surface area contributed by atoms with Crippen LogP contribution in [0.25, 0.3) is 0 Å². The van der Waals surface area contributed by atoms with Gasteiger partial charge in [0, 0.05) is 11.3 Å². The molecule has 0 aliphatic carbocycles. The molecule has 0 spiro atoms. The van der Waals surface area contributed by atoms with E-state index in [2.05, 4.69) is 104 Å². The molecule has 2 heteroatoms. The summed E-state index contributed by atoms with van der Waals surface area (Å²) in [5.74, 6) is 0.912. The first-order chi connectivity index (χ1) is 14.1. The predicted octanol–water partition coefficient (Wildman–Crippen LogP) is 7.65. The number of nitrogens with one attached hydrogen (secondary N) is 1. The number of hydrogen-bond acceptors (Lipinski definition) is 1. The average molecular weight is 399 g/mol. The van der Waals surface area contributed by atoms with Gasteiger partial charge in [-0.05, 0) is 95.7 Å². The van der Waals surface area contributed by atoms with Crippen LogP contribution >= 0.6 is 0 Å². The lowest BCUT2D eigenvalue weighted by molar-refractivity contribution is 1.25. The van der Waals surface area contributed by atoms with Crippen LogP contribution in [0.15, 0.2) is 41.4 Å². The van der Waals surface area contributed by atoms with Crippen molar-refractivity contribution in [2.45, 2.75) is 62.3 Å². The van der Waals surface area contributed by atoms with Crippen molar-refractivity contribution in [3.05, 3.63) is 92.0 Å². The van der Waals surface area contributed by atoms with Crippen LogP contribution in [0.3, 0.4) is 0 Å². The Balaban J connectivity index is 2.26. The van der Waals surface area contributed by atoms with Crippen molar-refractivity contribution in [3.8, 4) is 0 Å². The number of aliphatic imine (C=N–C) groups is 1. The topological polar surface area (TPSA) is 24.4 Å². The molecular weight excluding hydrogens is 364 g/mol. The molecule has 0 atom stereocenters. The summed E-state index contributed by atoms with van der Waals surface area (Å²) in [6, 6.07) is 13.3. The van der Waals surface area contributed by atoms with Gasteiger partial charge in [-0.3, -0.25) is 0 Å². The molecule has 3 rings (SSSR count). The molecule has 0 aliphatic heterocycles. The van der Waals surface area contributed by atoms with Gasteiger partial charge in [0.25, 0.3) is 0 Å². The number of amidine groups is 1. The summed E-state index contributed by atoms with van der Waals surface area (Å²) in [5.41, 5.74) is 14.5. The lowest BCUT2D eigenvalue weighted by Crippen LogP contribution is -2.18. The summed E-state index contributed by atoms with van der Waals surface area (Å²) in [5, 5.41) is 3.73. The molecule has 2 nitrogen and oxygen atoms in total. The van der Waals surface area contributed by atoms with E-state index in [9.17, 15) is 0 Å². The standard InChI is InChI=1S/C28H34N2/c1-16-10-19(4)25(20(5)11-16)28(29-26-21(6)12-17(2)13-22(26)7)30-27-23(8)14-18(3)15-24(27)9/h10-15H,1-9H3,(H,29,30). The Morgan fingerprint density at radius 2 is 0.900 bits per heavy atom. The first kappa shape index (κ1) is 21.8. The molecule has 1 N–H and O–H groups in total. The number of aryl methyl sites for hydroxylation is 9. The molecule has 0 unspecified atom stereocenters. The van der Waals surface area contributed by atoms with E-state index in [1.165, 1.54) is 55.6 Å². The van der Waals surface area contributed by atoms with Gasteiger partial charge in [-0.2, -0.15) is 0 Å².